The summed E-state index contributed by atoms with van der Waals surface area (Å²) >= 11 is 0. The van der Waals surface area contributed by atoms with Crippen LogP contribution in [-0.2, 0) is 35.8 Å². The second kappa shape index (κ2) is 23.6. The summed E-state index contributed by atoms with van der Waals surface area (Å²) in [6.07, 6.45) is 24.9. The largest absolute Gasteiger partial charge is 0.252 e. The second-order valence-electron chi connectivity index (χ2n) is 11.2. The van der Waals surface area contributed by atoms with E-state index in [1.54, 1.807) is 0 Å². The molecule has 0 aromatic heterocycles. The standard InChI is InChI=1S/C38H58N2.Ni/c1-6-11-14-15-16-17-18-19-20-21-24-34-25-22-23-28-36(34)40-38(27-13-8-3)37(26-12-7-2)39-35-30-32(9-4)29-33(10-5)31-35;/h19-20,22-23,25,28-31H,6-18,21,24,26-27H2,1-5H3;. The summed E-state index contributed by atoms with van der Waals surface area (Å²) in [5.74, 6) is 0. The molecule has 0 unspecified atom stereocenters. The Morgan fingerprint density at radius 1 is 0.610 bits per heavy atom. The van der Waals surface area contributed by atoms with Crippen LogP contribution in [-0.4, -0.2) is 11.4 Å². The van der Waals surface area contributed by atoms with E-state index in [0.29, 0.717) is 0 Å². The summed E-state index contributed by atoms with van der Waals surface area (Å²) in [6, 6.07) is 15.6. The Hall–Kier alpha value is -1.99. The molecule has 0 aliphatic heterocycles. The van der Waals surface area contributed by atoms with Crippen molar-refractivity contribution in [2.24, 2.45) is 9.98 Å². The van der Waals surface area contributed by atoms with Crippen LogP contribution in [0.5, 0.6) is 0 Å². The van der Waals surface area contributed by atoms with Gasteiger partial charge in [-0.25, -0.2) is 0 Å². The van der Waals surface area contributed by atoms with E-state index in [1.807, 2.05) is 0 Å². The molecule has 230 valence electrons. The van der Waals surface area contributed by atoms with Crippen LogP contribution in [0.4, 0.5) is 11.4 Å². The Morgan fingerprint density at radius 2 is 1.17 bits per heavy atom. The van der Waals surface area contributed by atoms with Gasteiger partial charge < -0.3 is 0 Å². The molecule has 3 heteroatoms. The number of unbranched alkanes of at least 4 members (excludes halogenated alkanes) is 8. The monoisotopic (exact) mass is 600 g/mol. The first-order valence-corrected chi connectivity index (χ1v) is 16.7. The molecule has 0 amide bonds. The van der Waals surface area contributed by atoms with Crippen LogP contribution < -0.4 is 0 Å². The van der Waals surface area contributed by atoms with Gasteiger partial charge in [0.15, 0.2) is 0 Å². The van der Waals surface area contributed by atoms with Crippen molar-refractivity contribution in [2.75, 3.05) is 0 Å². The van der Waals surface area contributed by atoms with Crippen LogP contribution >= 0.6 is 0 Å². The zero-order valence-electron chi connectivity index (χ0n) is 26.9. The van der Waals surface area contributed by atoms with E-state index in [2.05, 4.69) is 89.2 Å². The maximum Gasteiger partial charge on any atom is 0.0665 e. The van der Waals surface area contributed by atoms with Gasteiger partial charge in [0.05, 0.1) is 22.8 Å². The molecule has 2 aromatic rings. The summed E-state index contributed by atoms with van der Waals surface area (Å²) in [6.45, 7) is 11.3. The van der Waals surface area contributed by atoms with E-state index in [9.17, 15) is 0 Å². The quantitative estimate of drug-likeness (QED) is 0.0589. The number of para-hydroxylation sites is 1. The van der Waals surface area contributed by atoms with Crippen molar-refractivity contribution >= 4 is 22.8 Å². The van der Waals surface area contributed by atoms with Crippen LogP contribution in [0.2, 0.25) is 0 Å². The minimum atomic E-state index is 0. The molecule has 0 aliphatic carbocycles. The van der Waals surface area contributed by atoms with Crippen molar-refractivity contribution in [1.29, 1.82) is 0 Å². The number of aliphatic imine (C=N–C) groups is 2. The molecule has 2 rings (SSSR count). The maximum atomic E-state index is 5.36. The zero-order valence-corrected chi connectivity index (χ0v) is 27.9. The zero-order chi connectivity index (χ0) is 28.8. The number of hydrogen-bond donors (Lipinski definition) is 0. The fraction of sp³-hybridized carbons (Fsp3) is 0.579. The van der Waals surface area contributed by atoms with Gasteiger partial charge in [-0.15, -0.1) is 0 Å². The van der Waals surface area contributed by atoms with E-state index in [4.69, 9.17) is 9.98 Å². The fourth-order valence-corrected chi connectivity index (χ4v) is 5.08. The van der Waals surface area contributed by atoms with E-state index in [-0.39, 0.29) is 16.5 Å². The molecular weight excluding hydrogens is 543 g/mol. The third-order valence-electron chi connectivity index (χ3n) is 7.70. The molecule has 0 saturated carbocycles. The number of aryl methyl sites for hydroxylation is 3. The molecule has 0 fully saturated rings. The van der Waals surface area contributed by atoms with Crippen molar-refractivity contribution in [3.8, 4) is 0 Å². The van der Waals surface area contributed by atoms with Crippen molar-refractivity contribution < 1.29 is 16.5 Å². The summed E-state index contributed by atoms with van der Waals surface area (Å²) in [7, 11) is 0. The molecule has 41 heavy (non-hydrogen) atoms. The number of hydrogen-bond acceptors (Lipinski definition) is 2. The number of allylic oxidation sites excluding steroid dienone is 2. The first kappa shape index (κ1) is 37.0. The van der Waals surface area contributed by atoms with Crippen LogP contribution in [0.25, 0.3) is 0 Å². The molecule has 0 heterocycles. The van der Waals surface area contributed by atoms with Gasteiger partial charge in [0.1, 0.15) is 0 Å². The summed E-state index contributed by atoms with van der Waals surface area (Å²) < 4.78 is 0. The van der Waals surface area contributed by atoms with Gasteiger partial charge in [-0.3, -0.25) is 9.98 Å². The van der Waals surface area contributed by atoms with Crippen molar-refractivity contribution in [1.82, 2.24) is 0 Å². The average Bonchev–Trinajstić information content (AvgIpc) is 2.98. The summed E-state index contributed by atoms with van der Waals surface area (Å²) in [5.41, 5.74) is 8.66. The number of benzene rings is 2. The molecule has 0 radical (unpaired) electrons. The molecule has 0 spiro atoms. The summed E-state index contributed by atoms with van der Waals surface area (Å²) in [4.78, 5) is 10.7. The van der Waals surface area contributed by atoms with Gasteiger partial charge >= 0.3 is 0 Å². The first-order chi connectivity index (χ1) is 19.6. The Balaban J connectivity index is 0.00000840. The molecular formula is C38H58N2Ni. The van der Waals surface area contributed by atoms with E-state index >= 15 is 0 Å². The number of rotatable bonds is 21. The minimum absolute atomic E-state index is 0. The van der Waals surface area contributed by atoms with E-state index in [0.717, 1.165) is 75.6 Å². The molecule has 2 aromatic carbocycles. The van der Waals surface area contributed by atoms with Gasteiger partial charge in [0.2, 0.25) is 0 Å². The van der Waals surface area contributed by atoms with Crippen LogP contribution in [0.1, 0.15) is 141 Å². The Bertz CT molecular complexity index is 1030. The van der Waals surface area contributed by atoms with Crippen LogP contribution in [0, 0.1) is 0 Å². The fourth-order valence-electron chi connectivity index (χ4n) is 5.08. The van der Waals surface area contributed by atoms with Crippen molar-refractivity contribution in [3.05, 3.63) is 71.3 Å². The first-order valence-electron chi connectivity index (χ1n) is 16.7. The summed E-state index contributed by atoms with van der Waals surface area (Å²) in [5, 5.41) is 0. The molecule has 0 atom stereocenters. The van der Waals surface area contributed by atoms with Crippen molar-refractivity contribution in [3.63, 3.8) is 0 Å². The van der Waals surface area contributed by atoms with E-state index in [1.165, 1.54) is 73.1 Å². The smallest absolute Gasteiger partial charge is 0.0665 e. The molecule has 0 N–H and O–H groups in total. The SMILES string of the molecule is CCCCCCCCC=CCCc1ccccc1N=C(CCCC)C(CCCC)=Nc1cc(CC)cc(CC)c1.[Ni]. The van der Waals surface area contributed by atoms with Gasteiger partial charge in [-0.05, 0) is 99.1 Å². The maximum absolute atomic E-state index is 5.36. The Kier molecular flexibility index (Phi) is 21.3. The average molecular weight is 602 g/mol. The molecule has 0 saturated heterocycles. The predicted molar refractivity (Wildman–Crippen MR) is 180 cm³/mol. The number of nitrogens with zero attached hydrogens (tertiary/aromatic N) is 2. The minimum Gasteiger partial charge on any atom is -0.252 e. The Morgan fingerprint density at radius 3 is 1.80 bits per heavy atom. The van der Waals surface area contributed by atoms with Gasteiger partial charge in [0, 0.05) is 16.5 Å². The molecule has 2 nitrogen and oxygen atoms in total. The van der Waals surface area contributed by atoms with Gasteiger partial charge in [0.25, 0.3) is 0 Å². The van der Waals surface area contributed by atoms with Gasteiger partial charge in [-0.1, -0.05) is 116 Å². The normalized spacial score (nSPS) is 12.2. The molecule has 0 aliphatic rings. The van der Waals surface area contributed by atoms with Crippen LogP contribution in [0.3, 0.4) is 0 Å². The molecule has 0 bridgehead atoms. The van der Waals surface area contributed by atoms with Gasteiger partial charge in [-0.2, -0.15) is 0 Å². The van der Waals surface area contributed by atoms with Crippen LogP contribution in [0.15, 0.2) is 64.6 Å². The second-order valence-corrected chi connectivity index (χ2v) is 11.2. The Labute approximate surface area is 263 Å². The van der Waals surface area contributed by atoms with Crippen molar-refractivity contribution in [2.45, 2.75) is 144 Å². The third kappa shape index (κ3) is 15.2. The predicted octanol–water partition coefficient (Wildman–Crippen LogP) is 12.3. The third-order valence-corrected chi connectivity index (χ3v) is 7.70. The topological polar surface area (TPSA) is 24.7 Å². The van der Waals surface area contributed by atoms with E-state index < -0.39 is 0 Å².